The first-order valence-electron chi connectivity index (χ1n) is 10.7. The average Bonchev–Trinajstić information content (AvgIpc) is 2.72. The van der Waals surface area contributed by atoms with Crippen molar-refractivity contribution in [1.29, 1.82) is 0 Å². The molecule has 160 valence electrons. The van der Waals surface area contributed by atoms with Gasteiger partial charge in [0.1, 0.15) is 0 Å². The van der Waals surface area contributed by atoms with Gasteiger partial charge in [0, 0.05) is 39.3 Å². The second kappa shape index (κ2) is 10.3. The molecule has 2 fully saturated rings. The fraction of sp³-hybridized carbons (Fsp3) is 0.591. The lowest BCUT2D eigenvalue weighted by molar-refractivity contribution is 0.279. The Hall–Kier alpha value is -1.86. The van der Waals surface area contributed by atoms with E-state index >= 15 is 0 Å². The molecule has 2 aliphatic heterocycles. The van der Waals surface area contributed by atoms with Crippen molar-refractivity contribution in [3.8, 4) is 0 Å². The summed E-state index contributed by atoms with van der Waals surface area (Å²) in [4.78, 5) is 7.26. The molecule has 0 unspecified atom stereocenters. The minimum Gasteiger partial charge on any atom is -0.357 e. The fourth-order valence-corrected chi connectivity index (χ4v) is 4.87. The van der Waals surface area contributed by atoms with Gasteiger partial charge in [-0.05, 0) is 44.1 Å². The Labute approximate surface area is 175 Å². The van der Waals surface area contributed by atoms with Crippen LogP contribution in [0.2, 0.25) is 0 Å². The molecule has 0 aliphatic carbocycles. The van der Waals surface area contributed by atoms with Gasteiger partial charge in [0.05, 0.1) is 6.26 Å². The number of hydrogen-bond acceptors (Lipinski definition) is 3. The van der Waals surface area contributed by atoms with E-state index in [1.165, 1.54) is 17.4 Å². The highest BCUT2D eigenvalue weighted by molar-refractivity contribution is 7.88. The quantitative estimate of drug-likeness (QED) is 0.590. The maximum Gasteiger partial charge on any atom is 0.211 e. The van der Waals surface area contributed by atoms with E-state index in [9.17, 15) is 8.42 Å². The van der Waals surface area contributed by atoms with Crippen LogP contribution in [0, 0.1) is 5.92 Å². The first-order valence-corrected chi connectivity index (χ1v) is 12.5. The van der Waals surface area contributed by atoms with Gasteiger partial charge in [-0.2, -0.15) is 0 Å². The second-order valence-corrected chi connectivity index (χ2v) is 9.98. The van der Waals surface area contributed by atoms with Gasteiger partial charge in [-0.1, -0.05) is 42.0 Å². The van der Waals surface area contributed by atoms with Gasteiger partial charge in [-0.3, -0.25) is 4.99 Å². The van der Waals surface area contributed by atoms with Gasteiger partial charge in [0.2, 0.25) is 10.0 Å². The normalized spacial score (nSPS) is 20.0. The van der Waals surface area contributed by atoms with Crippen LogP contribution in [0.4, 0.5) is 0 Å². The molecule has 0 saturated carbocycles. The fourth-order valence-electron chi connectivity index (χ4n) is 4.00. The van der Waals surface area contributed by atoms with Crippen LogP contribution in [0.1, 0.15) is 38.2 Å². The Kier molecular flexibility index (Phi) is 7.72. The SMILES string of the molecule is CCNC(=NCC1CCN(S(C)(=O)=O)CC1)N1CCC(=Cc2ccccc2)CC1. The van der Waals surface area contributed by atoms with E-state index in [2.05, 4.69) is 53.5 Å². The van der Waals surface area contributed by atoms with Crippen molar-refractivity contribution in [2.24, 2.45) is 10.9 Å². The standard InChI is InChI=1S/C22H34N4O2S/c1-3-23-22(24-18-21-11-15-26(16-12-21)29(2,27)28)25-13-9-20(10-14-25)17-19-7-5-4-6-8-19/h4-8,17,21H,3,9-16,18H2,1-2H3,(H,23,24). The van der Waals surface area contributed by atoms with Crippen molar-refractivity contribution >= 4 is 22.1 Å². The first kappa shape index (κ1) is 21.8. The third-order valence-corrected chi connectivity index (χ3v) is 7.06. The van der Waals surface area contributed by atoms with Crippen molar-refractivity contribution in [1.82, 2.24) is 14.5 Å². The van der Waals surface area contributed by atoms with E-state index in [1.54, 1.807) is 4.31 Å². The summed E-state index contributed by atoms with van der Waals surface area (Å²) in [5.41, 5.74) is 2.77. The van der Waals surface area contributed by atoms with Crippen LogP contribution in [-0.2, 0) is 10.0 Å². The molecule has 0 aromatic heterocycles. The Morgan fingerprint density at radius 3 is 2.38 bits per heavy atom. The molecule has 0 amide bonds. The monoisotopic (exact) mass is 418 g/mol. The molecule has 1 aromatic rings. The zero-order valence-electron chi connectivity index (χ0n) is 17.7. The van der Waals surface area contributed by atoms with Crippen molar-refractivity contribution < 1.29 is 8.42 Å². The Morgan fingerprint density at radius 2 is 1.79 bits per heavy atom. The molecule has 0 radical (unpaired) electrons. The summed E-state index contributed by atoms with van der Waals surface area (Å²) in [7, 11) is -3.06. The first-order chi connectivity index (χ1) is 14.0. The van der Waals surface area contributed by atoms with Crippen molar-refractivity contribution in [3.63, 3.8) is 0 Å². The van der Waals surface area contributed by atoms with E-state index in [-0.39, 0.29) is 0 Å². The van der Waals surface area contributed by atoms with Crippen LogP contribution in [0.3, 0.4) is 0 Å². The van der Waals surface area contributed by atoms with E-state index in [4.69, 9.17) is 4.99 Å². The van der Waals surface area contributed by atoms with Crippen LogP contribution < -0.4 is 5.32 Å². The lowest BCUT2D eigenvalue weighted by Gasteiger charge is -2.33. The highest BCUT2D eigenvalue weighted by Gasteiger charge is 2.25. The average molecular weight is 419 g/mol. The molecule has 0 spiro atoms. The molecule has 2 saturated heterocycles. The predicted molar refractivity (Wildman–Crippen MR) is 120 cm³/mol. The zero-order chi connectivity index (χ0) is 20.7. The summed E-state index contributed by atoms with van der Waals surface area (Å²) < 4.78 is 24.9. The van der Waals surface area contributed by atoms with Crippen molar-refractivity contribution in [2.45, 2.75) is 32.6 Å². The molecule has 1 aromatic carbocycles. The molecule has 3 rings (SSSR count). The molecule has 7 heteroatoms. The Balaban J connectivity index is 1.53. The van der Waals surface area contributed by atoms with Crippen LogP contribution >= 0.6 is 0 Å². The molecule has 29 heavy (non-hydrogen) atoms. The summed E-state index contributed by atoms with van der Waals surface area (Å²) >= 11 is 0. The number of sulfonamides is 1. The van der Waals surface area contributed by atoms with E-state index in [1.807, 2.05) is 0 Å². The number of piperidine rings is 2. The summed E-state index contributed by atoms with van der Waals surface area (Å²) in [6, 6.07) is 10.5. The minimum atomic E-state index is -3.06. The number of nitrogens with zero attached hydrogens (tertiary/aromatic N) is 3. The zero-order valence-corrected chi connectivity index (χ0v) is 18.5. The largest absolute Gasteiger partial charge is 0.357 e. The maximum atomic E-state index is 11.7. The van der Waals surface area contributed by atoms with Crippen LogP contribution in [0.25, 0.3) is 6.08 Å². The number of nitrogens with one attached hydrogen (secondary N) is 1. The highest BCUT2D eigenvalue weighted by Crippen LogP contribution is 2.21. The topological polar surface area (TPSA) is 65.0 Å². The summed E-state index contributed by atoms with van der Waals surface area (Å²) in [6.07, 6.45) is 7.51. The molecular formula is C22H34N4O2S. The predicted octanol–water partition coefficient (Wildman–Crippen LogP) is 2.80. The van der Waals surface area contributed by atoms with E-state index in [0.717, 1.165) is 57.8 Å². The number of benzene rings is 1. The number of rotatable bonds is 5. The van der Waals surface area contributed by atoms with Crippen molar-refractivity contribution in [2.75, 3.05) is 45.5 Å². The van der Waals surface area contributed by atoms with Crippen molar-refractivity contribution in [3.05, 3.63) is 41.5 Å². The number of aliphatic imine (C=N–C) groups is 1. The van der Waals surface area contributed by atoms with Crippen LogP contribution in [-0.4, -0.2) is 69.1 Å². The Morgan fingerprint density at radius 1 is 1.14 bits per heavy atom. The van der Waals surface area contributed by atoms with Gasteiger partial charge < -0.3 is 10.2 Å². The second-order valence-electron chi connectivity index (χ2n) is 8.00. The third-order valence-electron chi connectivity index (χ3n) is 5.75. The van der Waals surface area contributed by atoms with Crippen LogP contribution in [0.5, 0.6) is 0 Å². The van der Waals surface area contributed by atoms with Gasteiger partial charge in [0.25, 0.3) is 0 Å². The van der Waals surface area contributed by atoms with Gasteiger partial charge in [-0.25, -0.2) is 12.7 Å². The van der Waals surface area contributed by atoms with Gasteiger partial charge in [0.15, 0.2) is 5.96 Å². The summed E-state index contributed by atoms with van der Waals surface area (Å²) in [5, 5.41) is 3.44. The molecule has 6 nitrogen and oxygen atoms in total. The third kappa shape index (κ3) is 6.57. The number of likely N-dealkylation sites (tertiary alicyclic amines) is 1. The lowest BCUT2D eigenvalue weighted by atomic mass is 9.98. The van der Waals surface area contributed by atoms with Gasteiger partial charge in [-0.15, -0.1) is 0 Å². The number of hydrogen-bond donors (Lipinski definition) is 1. The van der Waals surface area contributed by atoms with E-state index in [0.29, 0.717) is 19.0 Å². The molecule has 1 N–H and O–H groups in total. The Bertz CT molecular complexity index is 802. The smallest absolute Gasteiger partial charge is 0.211 e. The van der Waals surface area contributed by atoms with E-state index < -0.39 is 10.0 Å². The number of guanidine groups is 1. The molecular weight excluding hydrogens is 384 g/mol. The lowest BCUT2D eigenvalue weighted by Crippen LogP contribution is -2.45. The molecule has 2 heterocycles. The minimum absolute atomic E-state index is 0.458. The molecule has 0 bridgehead atoms. The molecule has 2 aliphatic rings. The summed E-state index contributed by atoms with van der Waals surface area (Å²) in [6.45, 7) is 6.93. The highest BCUT2D eigenvalue weighted by atomic mass is 32.2. The summed E-state index contributed by atoms with van der Waals surface area (Å²) in [5.74, 6) is 1.46. The maximum absolute atomic E-state index is 11.7. The van der Waals surface area contributed by atoms with Crippen LogP contribution in [0.15, 0.2) is 40.9 Å². The van der Waals surface area contributed by atoms with Gasteiger partial charge >= 0.3 is 0 Å². The molecule has 0 atom stereocenters.